The van der Waals surface area contributed by atoms with E-state index >= 15 is 0 Å². The first kappa shape index (κ1) is 23.8. The van der Waals surface area contributed by atoms with Crippen LogP contribution >= 0.6 is 22.9 Å². The quantitative estimate of drug-likeness (QED) is 0.259. The fourth-order valence-corrected chi connectivity index (χ4v) is 5.76. The summed E-state index contributed by atoms with van der Waals surface area (Å²) in [6.45, 7) is 4.26. The van der Waals surface area contributed by atoms with Crippen LogP contribution in [-0.2, 0) is 6.42 Å². The molecule has 1 aromatic heterocycles. The summed E-state index contributed by atoms with van der Waals surface area (Å²) in [6, 6.07) is 18.2. The van der Waals surface area contributed by atoms with E-state index in [4.69, 9.17) is 16.3 Å². The van der Waals surface area contributed by atoms with Crippen molar-refractivity contribution in [1.82, 2.24) is 4.90 Å². The number of benzene rings is 3. The lowest BCUT2D eigenvalue weighted by atomic mass is 10.0. The zero-order chi connectivity index (χ0) is 24.5. The molecule has 4 nitrogen and oxygen atoms in total. The van der Waals surface area contributed by atoms with Crippen LogP contribution in [-0.4, -0.2) is 42.1 Å². The lowest BCUT2D eigenvalue weighted by molar-refractivity contribution is 0.0824. The Kier molecular flexibility index (Phi) is 6.78. The Hall–Kier alpha value is -2.93. The summed E-state index contributed by atoms with van der Waals surface area (Å²) in [5.74, 6) is 1.18. The van der Waals surface area contributed by atoms with E-state index in [-0.39, 0.29) is 24.1 Å². The van der Waals surface area contributed by atoms with Gasteiger partial charge in [-0.3, -0.25) is 9.18 Å². The molecule has 3 aromatic carbocycles. The normalized spacial score (nSPS) is 14.3. The van der Waals surface area contributed by atoms with Gasteiger partial charge in [0.25, 0.3) is 0 Å². The lowest BCUT2D eigenvalue weighted by Gasteiger charge is -2.37. The molecule has 0 saturated carbocycles. The molecule has 7 heteroatoms. The summed E-state index contributed by atoms with van der Waals surface area (Å²) < 4.78 is 19.6. The molecule has 0 aliphatic carbocycles. The molecule has 0 atom stereocenters. The van der Waals surface area contributed by atoms with E-state index in [0.29, 0.717) is 27.0 Å². The van der Waals surface area contributed by atoms with Crippen LogP contribution in [0.1, 0.15) is 26.4 Å². The second-order valence-corrected chi connectivity index (χ2v) is 10.5. The van der Waals surface area contributed by atoms with Crippen molar-refractivity contribution in [3.8, 4) is 17.2 Å². The van der Waals surface area contributed by atoms with Gasteiger partial charge in [0.15, 0.2) is 5.75 Å². The summed E-state index contributed by atoms with van der Waals surface area (Å²) in [7, 11) is 0. The van der Waals surface area contributed by atoms with E-state index in [1.165, 1.54) is 16.9 Å². The highest BCUT2D eigenvalue weighted by atomic mass is 35.5. The van der Waals surface area contributed by atoms with E-state index in [2.05, 4.69) is 4.90 Å². The number of thiophene rings is 1. The van der Waals surface area contributed by atoms with Crippen LogP contribution in [0.2, 0.25) is 5.02 Å². The van der Waals surface area contributed by atoms with Gasteiger partial charge in [0.1, 0.15) is 16.4 Å². The van der Waals surface area contributed by atoms with E-state index < -0.39 is 0 Å². The van der Waals surface area contributed by atoms with Gasteiger partial charge < -0.3 is 14.7 Å². The van der Waals surface area contributed by atoms with Crippen molar-refractivity contribution >= 4 is 38.8 Å². The van der Waals surface area contributed by atoms with Crippen LogP contribution in [0.15, 0.2) is 60.7 Å². The Morgan fingerprint density at radius 3 is 2.63 bits per heavy atom. The average molecular weight is 510 g/mol. The number of aryl methyl sites for hydroxylation is 1. The highest BCUT2D eigenvalue weighted by molar-refractivity contribution is 7.21. The molecular formula is C28H25ClFNO3S. The fourth-order valence-electron chi connectivity index (χ4n) is 4.33. The van der Waals surface area contributed by atoms with Crippen molar-refractivity contribution in [2.45, 2.75) is 13.3 Å². The molecule has 4 aromatic rings. The minimum absolute atomic E-state index is 0.127. The predicted octanol–water partition coefficient (Wildman–Crippen LogP) is 7.04. The zero-order valence-corrected chi connectivity index (χ0v) is 20.8. The number of carbonyl (C=O) groups is 1. The molecule has 1 aliphatic heterocycles. The summed E-state index contributed by atoms with van der Waals surface area (Å²) in [5.41, 5.74) is 2.55. The summed E-state index contributed by atoms with van der Waals surface area (Å²) >= 11 is 7.67. The molecule has 2 heterocycles. The van der Waals surface area contributed by atoms with E-state index in [1.54, 1.807) is 30.3 Å². The van der Waals surface area contributed by atoms with Crippen LogP contribution in [0.4, 0.5) is 4.39 Å². The third-order valence-corrected chi connectivity index (χ3v) is 7.76. The van der Waals surface area contributed by atoms with Crippen LogP contribution in [0.25, 0.3) is 10.1 Å². The van der Waals surface area contributed by atoms with Gasteiger partial charge in [0.2, 0.25) is 5.78 Å². The van der Waals surface area contributed by atoms with Crippen LogP contribution < -0.4 is 4.74 Å². The maximum atomic E-state index is 13.5. The number of fused-ring (bicyclic) bond motifs is 1. The molecule has 1 fully saturated rings. The minimum Gasteiger partial charge on any atom is -0.508 e. The average Bonchev–Trinajstić information content (AvgIpc) is 3.16. The van der Waals surface area contributed by atoms with Crippen molar-refractivity contribution in [2.75, 3.05) is 26.3 Å². The number of ketones is 1. The smallest absolute Gasteiger partial charge is 0.208 e. The first-order valence-electron chi connectivity index (χ1n) is 11.5. The lowest BCUT2D eigenvalue weighted by Crippen LogP contribution is -2.48. The van der Waals surface area contributed by atoms with Gasteiger partial charge in [-0.05, 0) is 66.9 Å². The predicted molar refractivity (Wildman–Crippen MR) is 139 cm³/mol. The number of carbonyl (C=O) groups excluding carboxylic acids is 1. The molecule has 0 radical (unpaired) electrons. The molecule has 0 spiro atoms. The maximum Gasteiger partial charge on any atom is 0.208 e. The van der Waals surface area contributed by atoms with Gasteiger partial charge in [-0.1, -0.05) is 29.8 Å². The van der Waals surface area contributed by atoms with Gasteiger partial charge in [-0.2, -0.15) is 0 Å². The van der Waals surface area contributed by atoms with Crippen molar-refractivity contribution in [3.63, 3.8) is 0 Å². The second-order valence-electron chi connectivity index (χ2n) is 9.03. The van der Waals surface area contributed by atoms with Crippen LogP contribution in [0.5, 0.6) is 17.2 Å². The Labute approximate surface area is 212 Å². The third-order valence-electron chi connectivity index (χ3n) is 6.31. The Morgan fingerprint density at radius 1 is 1.14 bits per heavy atom. The molecule has 180 valence electrons. The summed E-state index contributed by atoms with van der Waals surface area (Å²) in [4.78, 5) is 16.2. The SMILES string of the molecule is Cc1ccc(C(=O)c2sc3cc(O)ccc3c2Oc2ccc(CCN3CC(CF)C3)cc2)c(Cl)c1. The highest BCUT2D eigenvalue weighted by Crippen LogP contribution is 2.43. The van der Waals surface area contributed by atoms with E-state index in [1.807, 2.05) is 37.3 Å². The maximum absolute atomic E-state index is 13.5. The van der Waals surface area contributed by atoms with Gasteiger partial charge in [-0.25, -0.2) is 0 Å². The van der Waals surface area contributed by atoms with Gasteiger partial charge >= 0.3 is 0 Å². The minimum atomic E-state index is -0.236. The molecule has 0 bridgehead atoms. The first-order chi connectivity index (χ1) is 16.9. The molecule has 1 aliphatic rings. The van der Waals surface area contributed by atoms with Crippen molar-refractivity contribution in [1.29, 1.82) is 0 Å². The first-order valence-corrected chi connectivity index (χ1v) is 12.7. The van der Waals surface area contributed by atoms with Crippen molar-refractivity contribution in [2.24, 2.45) is 5.92 Å². The number of hydrogen-bond donors (Lipinski definition) is 1. The number of hydrogen-bond acceptors (Lipinski definition) is 5. The summed E-state index contributed by atoms with van der Waals surface area (Å²) in [5, 5.41) is 11.1. The van der Waals surface area contributed by atoms with Gasteiger partial charge in [0, 0.05) is 41.2 Å². The molecule has 35 heavy (non-hydrogen) atoms. The number of alkyl halides is 1. The molecule has 5 rings (SSSR count). The molecule has 0 amide bonds. The van der Waals surface area contributed by atoms with Crippen LogP contribution in [0, 0.1) is 12.8 Å². The Morgan fingerprint density at radius 2 is 1.91 bits per heavy atom. The third kappa shape index (κ3) is 5.06. The second kappa shape index (κ2) is 9.97. The van der Waals surface area contributed by atoms with E-state index in [9.17, 15) is 14.3 Å². The number of aromatic hydroxyl groups is 1. The topological polar surface area (TPSA) is 49.8 Å². The number of phenolic OH excluding ortho intramolecular Hbond substituents is 1. The number of likely N-dealkylation sites (tertiary alicyclic amines) is 1. The number of nitrogens with zero attached hydrogens (tertiary/aromatic N) is 1. The van der Waals surface area contributed by atoms with Crippen LogP contribution in [0.3, 0.4) is 0 Å². The van der Waals surface area contributed by atoms with Gasteiger partial charge in [-0.15, -0.1) is 11.3 Å². The summed E-state index contributed by atoms with van der Waals surface area (Å²) in [6.07, 6.45) is 0.885. The van der Waals surface area contributed by atoms with Gasteiger partial charge in [0.05, 0.1) is 11.7 Å². The fraction of sp³-hybridized carbons (Fsp3) is 0.250. The monoisotopic (exact) mass is 509 g/mol. The number of halogens is 2. The molecule has 1 N–H and O–H groups in total. The zero-order valence-electron chi connectivity index (χ0n) is 19.3. The van der Waals surface area contributed by atoms with E-state index in [0.717, 1.165) is 41.7 Å². The number of ether oxygens (including phenoxy) is 1. The number of rotatable bonds is 8. The standard InChI is InChI=1S/C28H25ClFNO3S/c1-17-2-8-22(24(29)12-17)26(33)28-27(23-9-5-20(32)13-25(23)35-28)34-21-6-3-18(4-7-21)10-11-31-15-19(14-30)16-31/h2-9,12-13,19,32H,10-11,14-16H2,1H3. The highest BCUT2D eigenvalue weighted by Gasteiger charge is 2.26. The van der Waals surface area contributed by atoms with Crippen molar-refractivity contribution in [3.05, 3.63) is 87.3 Å². The molecule has 0 unspecified atom stereocenters. The Balaban J connectivity index is 1.40. The number of phenols is 1. The van der Waals surface area contributed by atoms with Crippen molar-refractivity contribution < 1.29 is 19.0 Å². The molecular weight excluding hydrogens is 485 g/mol. The largest absolute Gasteiger partial charge is 0.508 e. The Bertz CT molecular complexity index is 1380. The molecule has 1 saturated heterocycles.